The van der Waals surface area contributed by atoms with Crippen LogP contribution in [0.3, 0.4) is 0 Å². The van der Waals surface area contributed by atoms with Gasteiger partial charge in [-0.3, -0.25) is 0 Å². The van der Waals surface area contributed by atoms with Gasteiger partial charge in [0, 0.05) is 0 Å². The van der Waals surface area contributed by atoms with Gasteiger partial charge in [0.15, 0.2) is 0 Å². The second kappa shape index (κ2) is 60.1. The van der Waals surface area contributed by atoms with Crippen molar-refractivity contribution in [3.63, 3.8) is 0 Å². The molecule has 0 aromatic carbocycles. The molecule has 0 aliphatic rings. The van der Waals surface area contributed by atoms with Crippen molar-refractivity contribution in [1.82, 2.24) is 0 Å². The SMILES string of the molecule is CCCCCCCCCCCCCCCCCCCCCCCCCCCC(C)CCCCCCCCCCCCCCCCCCCCCCCCCCCCCCCCC(C)CC. The van der Waals surface area contributed by atoms with E-state index in [1.807, 2.05) is 0 Å². The molecule has 0 aromatic rings. The molecular formula is C65H132. The van der Waals surface area contributed by atoms with Gasteiger partial charge in [0.1, 0.15) is 0 Å². The maximum atomic E-state index is 2.53. The van der Waals surface area contributed by atoms with Crippen LogP contribution in [0.25, 0.3) is 0 Å². The van der Waals surface area contributed by atoms with Crippen LogP contribution in [0, 0.1) is 11.8 Å². The van der Waals surface area contributed by atoms with Crippen molar-refractivity contribution in [2.45, 2.75) is 407 Å². The molecule has 0 heterocycles. The molecule has 0 amide bonds. The molecule has 0 aliphatic carbocycles. The summed E-state index contributed by atoms with van der Waals surface area (Å²) in [6, 6.07) is 0. The van der Waals surface area contributed by atoms with Gasteiger partial charge in [0.05, 0.1) is 0 Å². The van der Waals surface area contributed by atoms with Gasteiger partial charge in [-0.15, -0.1) is 0 Å². The third-order valence-electron chi connectivity index (χ3n) is 16.1. The number of unbranched alkanes of at least 4 members (excludes halogenated alkanes) is 53. The van der Waals surface area contributed by atoms with Crippen LogP contribution < -0.4 is 0 Å². The Morgan fingerprint density at radius 1 is 0.154 bits per heavy atom. The minimum absolute atomic E-state index is 0.946. The zero-order chi connectivity index (χ0) is 46.9. The van der Waals surface area contributed by atoms with E-state index in [0.29, 0.717) is 0 Å². The summed E-state index contributed by atoms with van der Waals surface area (Å²) in [5, 5.41) is 0. The van der Waals surface area contributed by atoms with Crippen molar-refractivity contribution in [3.8, 4) is 0 Å². The standard InChI is InChI=1S/C65H132/c1-5-7-8-9-10-11-12-13-14-15-16-17-18-25-29-32-35-38-41-44-47-50-53-56-59-62-65(4)63-60-57-54-51-48-45-42-39-36-33-30-27-24-22-20-19-21-23-26-28-31-34-37-40-43-46-49-52-55-58-61-64(3)6-2/h64-65H,5-63H2,1-4H3. The van der Waals surface area contributed by atoms with E-state index in [0.717, 1.165) is 11.8 Å². The first-order valence-corrected chi connectivity index (χ1v) is 32.2. The van der Waals surface area contributed by atoms with Gasteiger partial charge in [-0.05, 0) is 11.8 Å². The van der Waals surface area contributed by atoms with Crippen LogP contribution in [0.5, 0.6) is 0 Å². The Balaban J connectivity index is 3.14. The van der Waals surface area contributed by atoms with E-state index in [1.165, 1.54) is 379 Å². The Hall–Kier alpha value is 0. The largest absolute Gasteiger partial charge is 0.0654 e. The van der Waals surface area contributed by atoms with Gasteiger partial charge >= 0.3 is 0 Å². The Bertz CT molecular complexity index is 783. The summed E-state index contributed by atoms with van der Waals surface area (Å²) in [6.45, 7) is 9.59. The molecular weight excluding hydrogens is 781 g/mol. The minimum atomic E-state index is 0.946. The molecule has 0 nitrogen and oxygen atoms in total. The highest BCUT2D eigenvalue weighted by atomic mass is 14.1. The first-order valence-electron chi connectivity index (χ1n) is 32.2. The zero-order valence-electron chi connectivity index (χ0n) is 46.9. The lowest BCUT2D eigenvalue weighted by Gasteiger charge is -2.11. The van der Waals surface area contributed by atoms with Crippen molar-refractivity contribution in [2.24, 2.45) is 11.8 Å². The van der Waals surface area contributed by atoms with Gasteiger partial charge in [-0.25, -0.2) is 0 Å². The molecule has 0 spiro atoms. The molecule has 0 heteroatoms. The van der Waals surface area contributed by atoms with Gasteiger partial charge < -0.3 is 0 Å². The van der Waals surface area contributed by atoms with Crippen LogP contribution in [0.4, 0.5) is 0 Å². The van der Waals surface area contributed by atoms with Gasteiger partial charge in [0.25, 0.3) is 0 Å². The highest BCUT2D eigenvalue weighted by molar-refractivity contribution is 4.58. The summed E-state index contributed by atoms with van der Waals surface area (Å²) in [7, 11) is 0. The lowest BCUT2D eigenvalue weighted by molar-refractivity contribution is 0.429. The van der Waals surface area contributed by atoms with Crippen molar-refractivity contribution in [1.29, 1.82) is 0 Å². The fraction of sp³-hybridized carbons (Fsp3) is 1.00. The van der Waals surface area contributed by atoms with E-state index in [9.17, 15) is 0 Å². The summed E-state index contributed by atoms with van der Waals surface area (Å²) in [5.74, 6) is 1.91. The summed E-state index contributed by atoms with van der Waals surface area (Å²) >= 11 is 0. The predicted molar refractivity (Wildman–Crippen MR) is 302 cm³/mol. The fourth-order valence-corrected chi connectivity index (χ4v) is 10.9. The fourth-order valence-electron chi connectivity index (χ4n) is 10.9. The summed E-state index contributed by atoms with van der Waals surface area (Å²) in [4.78, 5) is 0. The molecule has 2 atom stereocenters. The molecule has 0 radical (unpaired) electrons. The smallest absolute Gasteiger partial charge is 0.0443 e. The Labute approximate surface area is 416 Å². The monoisotopic (exact) mass is 913 g/mol. The molecule has 0 N–H and O–H groups in total. The molecule has 392 valence electrons. The summed E-state index contributed by atoms with van der Waals surface area (Å²) in [6.07, 6.45) is 87.7. The molecule has 0 saturated carbocycles. The second-order valence-corrected chi connectivity index (χ2v) is 23.1. The number of hydrogen-bond donors (Lipinski definition) is 0. The van der Waals surface area contributed by atoms with Crippen molar-refractivity contribution in [3.05, 3.63) is 0 Å². The minimum Gasteiger partial charge on any atom is -0.0654 e. The molecule has 0 bridgehead atoms. The quantitative estimate of drug-likeness (QED) is 0.0534. The average Bonchev–Trinajstić information content (AvgIpc) is 3.31. The van der Waals surface area contributed by atoms with Crippen LogP contribution >= 0.6 is 0 Å². The maximum Gasteiger partial charge on any atom is -0.0443 e. The van der Waals surface area contributed by atoms with Crippen molar-refractivity contribution in [2.75, 3.05) is 0 Å². The van der Waals surface area contributed by atoms with Crippen molar-refractivity contribution < 1.29 is 0 Å². The molecule has 0 rings (SSSR count). The molecule has 0 aromatic heterocycles. The number of hydrogen-bond acceptors (Lipinski definition) is 0. The van der Waals surface area contributed by atoms with Crippen LogP contribution in [-0.2, 0) is 0 Å². The van der Waals surface area contributed by atoms with E-state index in [4.69, 9.17) is 0 Å². The first-order chi connectivity index (χ1) is 32.2. The predicted octanol–water partition coefficient (Wildman–Crippen LogP) is 25.3. The van der Waals surface area contributed by atoms with Crippen molar-refractivity contribution >= 4 is 0 Å². The summed E-state index contributed by atoms with van der Waals surface area (Å²) < 4.78 is 0. The highest BCUT2D eigenvalue weighted by Gasteiger charge is 2.04. The van der Waals surface area contributed by atoms with Gasteiger partial charge in [0.2, 0.25) is 0 Å². The first kappa shape index (κ1) is 65.0. The molecule has 65 heavy (non-hydrogen) atoms. The maximum absolute atomic E-state index is 2.53. The molecule has 0 fully saturated rings. The van der Waals surface area contributed by atoms with E-state index >= 15 is 0 Å². The summed E-state index contributed by atoms with van der Waals surface area (Å²) in [5.41, 5.74) is 0. The highest BCUT2D eigenvalue weighted by Crippen LogP contribution is 2.22. The second-order valence-electron chi connectivity index (χ2n) is 23.1. The Kier molecular flexibility index (Phi) is 60.1. The van der Waals surface area contributed by atoms with Gasteiger partial charge in [-0.2, -0.15) is 0 Å². The normalized spacial score (nSPS) is 12.7. The van der Waals surface area contributed by atoms with Crippen LogP contribution in [-0.4, -0.2) is 0 Å². The lowest BCUT2D eigenvalue weighted by atomic mass is 9.95. The lowest BCUT2D eigenvalue weighted by Crippen LogP contribution is -1.95. The van der Waals surface area contributed by atoms with Crippen LogP contribution in [0.15, 0.2) is 0 Å². The third-order valence-corrected chi connectivity index (χ3v) is 16.1. The van der Waals surface area contributed by atoms with E-state index in [-0.39, 0.29) is 0 Å². The van der Waals surface area contributed by atoms with Gasteiger partial charge in [-0.1, -0.05) is 407 Å². The van der Waals surface area contributed by atoms with E-state index in [1.54, 1.807) is 0 Å². The topological polar surface area (TPSA) is 0 Å². The molecule has 0 saturated heterocycles. The van der Waals surface area contributed by atoms with Crippen LogP contribution in [0.2, 0.25) is 0 Å². The van der Waals surface area contributed by atoms with E-state index < -0.39 is 0 Å². The van der Waals surface area contributed by atoms with Crippen LogP contribution in [0.1, 0.15) is 407 Å². The molecule has 0 aliphatic heterocycles. The Morgan fingerprint density at radius 3 is 0.415 bits per heavy atom. The molecule has 2 unspecified atom stereocenters. The average molecular weight is 914 g/mol. The third kappa shape index (κ3) is 60.1. The number of rotatable bonds is 60. The zero-order valence-corrected chi connectivity index (χ0v) is 46.9. The van der Waals surface area contributed by atoms with E-state index in [2.05, 4.69) is 27.7 Å². The Morgan fingerprint density at radius 2 is 0.277 bits per heavy atom.